The number of carbonyl (C=O) groups excluding carboxylic acids is 1. The van der Waals surface area contributed by atoms with Gasteiger partial charge in [0.2, 0.25) is 0 Å². The summed E-state index contributed by atoms with van der Waals surface area (Å²) >= 11 is 0. The average Bonchev–Trinajstić information content (AvgIpc) is 2.68. The summed E-state index contributed by atoms with van der Waals surface area (Å²) in [6, 6.07) is 0. The maximum absolute atomic E-state index is 11.2. The highest BCUT2D eigenvalue weighted by molar-refractivity contribution is 5.82. The quantitative estimate of drug-likeness (QED) is 0.556. The third-order valence-electron chi connectivity index (χ3n) is 3.10. The Balaban J connectivity index is 2.18. The van der Waals surface area contributed by atoms with Gasteiger partial charge in [0.1, 0.15) is 0 Å². The molecule has 3 heteroatoms. The molecule has 2 saturated carbocycles. The largest absolute Gasteiger partial charge is 0.469 e. The molecule has 2 aliphatic rings. The number of methoxy groups -OCH3 is 1. The molecule has 0 aliphatic heterocycles. The fourth-order valence-electron chi connectivity index (χ4n) is 2.31. The molecule has 2 aliphatic carbocycles. The van der Waals surface area contributed by atoms with E-state index in [1.54, 1.807) is 0 Å². The second-order valence-corrected chi connectivity index (χ2v) is 3.53. The lowest BCUT2D eigenvalue weighted by Gasteiger charge is -2.14. The smallest absolute Gasteiger partial charge is 0.314 e. The van der Waals surface area contributed by atoms with Crippen LogP contribution in [-0.4, -0.2) is 24.3 Å². The van der Waals surface area contributed by atoms with Gasteiger partial charge in [0.25, 0.3) is 0 Å². The Labute approximate surface area is 65.4 Å². The zero-order chi connectivity index (χ0) is 8.06. The minimum Gasteiger partial charge on any atom is -0.469 e. The number of fused-ring (bicyclic) bond motifs is 1. The van der Waals surface area contributed by atoms with Crippen molar-refractivity contribution in [1.82, 2.24) is 0 Å². The van der Waals surface area contributed by atoms with Crippen LogP contribution < -0.4 is 0 Å². The standard InChI is InChI=1S/C8H12O3/c1-11-7(10)8-4-5(8)2-3-6(8)9/h5-6,9H,2-4H2,1H3. The van der Waals surface area contributed by atoms with Gasteiger partial charge in [-0.1, -0.05) is 0 Å². The molecule has 0 aromatic carbocycles. The zero-order valence-corrected chi connectivity index (χ0v) is 6.54. The van der Waals surface area contributed by atoms with Crippen molar-refractivity contribution in [1.29, 1.82) is 0 Å². The Bertz CT molecular complexity index is 202. The molecule has 0 amide bonds. The first-order valence-corrected chi connectivity index (χ1v) is 3.98. The van der Waals surface area contributed by atoms with Crippen LogP contribution in [0.3, 0.4) is 0 Å². The zero-order valence-electron chi connectivity index (χ0n) is 6.54. The minimum absolute atomic E-state index is 0.215. The van der Waals surface area contributed by atoms with Gasteiger partial charge in [-0.2, -0.15) is 0 Å². The summed E-state index contributed by atoms with van der Waals surface area (Å²) in [5.41, 5.74) is -0.477. The highest BCUT2D eigenvalue weighted by Gasteiger charge is 2.68. The second kappa shape index (κ2) is 1.97. The van der Waals surface area contributed by atoms with Crippen LogP contribution in [0.1, 0.15) is 19.3 Å². The van der Waals surface area contributed by atoms with E-state index in [0.29, 0.717) is 5.92 Å². The molecule has 3 unspecified atom stereocenters. The Morgan fingerprint density at radius 2 is 2.36 bits per heavy atom. The van der Waals surface area contributed by atoms with Crippen molar-refractivity contribution < 1.29 is 14.6 Å². The van der Waals surface area contributed by atoms with Crippen LogP contribution >= 0.6 is 0 Å². The Morgan fingerprint density at radius 1 is 1.64 bits per heavy atom. The van der Waals surface area contributed by atoms with E-state index >= 15 is 0 Å². The second-order valence-electron chi connectivity index (χ2n) is 3.53. The molecule has 0 aromatic rings. The number of aliphatic hydroxyl groups is 1. The van der Waals surface area contributed by atoms with Crippen molar-refractivity contribution in [3.8, 4) is 0 Å². The van der Waals surface area contributed by atoms with E-state index in [2.05, 4.69) is 4.74 Å². The van der Waals surface area contributed by atoms with Crippen molar-refractivity contribution in [2.45, 2.75) is 25.4 Å². The summed E-state index contributed by atoms with van der Waals surface area (Å²) in [5, 5.41) is 9.49. The van der Waals surface area contributed by atoms with Gasteiger partial charge >= 0.3 is 5.97 Å². The third kappa shape index (κ3) is 0.692. The van der Waals surface area contributed by atoms with Gasteiger partial charge in [-0.05, 0) is 25.2 Å². The van der Waals surface area contributed by atoms with E-state index in [9.17, 15) is 9.90 Å². The van der Waals surface area contributed by atoms with E-state index in [1.807, 2.05) is 0 Å². The van der Waals surface area contributed by atoms with Crippen LogP contribution in [0.15, 0.2) is 0 Å². The van der Waals surface area contributed by atoms with Crippen LogP contribution in [-0.2, 0) is 9.53 Å². The third-order valence-corrected chi connectivity index (χ3v) is 3.10. The first-order chi connectivity index (χ1) is 5.21. The molecule has 0 saturated heterocycles. The van der Waals surface area contributed by atoms with E-state index in [-0.39, 0.29) is 5.97 Å². The molecule has 11 heavy (non-hydrogen) atoms. The lowest BCUT2D eigenvalue weighted by atomic mass is 10.0. The maximum atomic E-state index is 11.2. The van der Waals surface area contributed by atoms with E-state index in [4.69, 9.17) is 0 Å². The van der Waals surface area contributed by atoms with Crippen molar-refractivity contribution in [3.63, 3.8) is 0 Å². The predicted octanol–water partition coefficient (Wildman–Crippen LogP) is 0.320. The monoisotopic (exact) mass is 156 g/mol. The number of rotatable bonds is 1. The highest BCUT2D eigenvalue weighted by atomic mass is 16.5. The van der Waals surface area contributed by atoms with Gasteiger partial charge in [0.15, 0.2) is 0 Å². The molecule has 0 radical (unpaired) electrons. The number of carbonyl (C=O) groups is 1. The molecule has 0 heterocycles. The number of ether oxygens (including phenoxy) is 1. The number of hydrogen-bond acceptors (Lipinski definition) is 3. The molecular formula is C8H12O3. The van der Waals surface area contributed by atoms with Gasteiger partial charge in [-0.15, -0.1) is 0 Å². The lowest BCUT2D eigenvalue weighted by Crippen LogP contribution is -2.29. The number of esters is 1. The topological polar surface area (TPSA) is 46.5 Å². The van der Waals surface area contributed by atoms with Gasteiger partial charge in [0.05, 0.1) is 18.6 Å². The minimum atomic E-state index is -0.477. The molecule has 0 spiro atoms. The Morgan fingerprint density at radius 3 is 2.73 bits per heavy atom. The van der Waals surface area contributed by atoms with Crippen LogP contribution in [0.4, 0.5) is 0 Å². The van der Waals surface area contributed by atoms with Crippen LogP contribution in [0.25, 0.3) is 0 Å². The summed E-state index contributed by atoms with van der Waals surface area (Å²) in [6.07, 6.45) is 2.14. The molecule has 2 rings (SSSR count). The fourth-order valence-corrected chi connectivity index (χ4v) is 2.31. The van der Waals surface area contributed by atoms with Crippen molar-refractivity contribution in [2.24, 2.45) is 11.3 Å². The summed E-state index contributed by atoms with van der Waals surface area (Å²) in [4.78, 5) is 11.2. The SMILES string of the molecule is COC(=O)C12CC1CCC2O. The number of aliphatic hydroxyl groups excluding tert-OH is 1. The van der Waals surface area contributed by atoms with Crippen LogP contribution in [0, 0.1) is 11.3 Å². The van der Waals surface area contributed by atoms with Gasteiger partial charge in [-0.25, -0.2) is 0 Å². The molecule has 1 N–H and O–H groups in total. The van der Waals surface area contributed by atoms with E-state index in [0.717, 1.165) is 19.3 Å². The van der Waals surface area contributed by atoms with Crippen LogP contribution in [0.2, 0.25) is 0 Å². The molecule has 2 fully saturated rings. The summed E-state index contributed by atoms with van der Waals surface area (Å²) in [5.74, 6) is 0.192. The van der Waals surface area contributed by atoms with Crippen molar-refractivity contribution in [2.75, 3.05) is 7.11 Å². The first-order valence-electron chi connectivity index (χ1n) is 3.98. The normalized spacial score (nSPS) is 46.7. The maximum Gasteiger partial charge on any atom is 0.314 e. The average molecular weight is 156 g/mol. The van der Waals surface area contributed by atoms with Gasteiger partial charge in [-0.3, -0.25) is 4.79 Å². The summed E-state index contributed by atoms with van der Waals surface area (Å²) in [6.45, 7) is 0. The fraction of sp³-hybridized carbons (Fsp3) is 0.875. The summed E-state index contributed by atoms with van der Waals surface area (Å²) in [7, 11) is 1.39. The lowest BCUT2D eigenvalue weighted by molar-refractivity contribution is -0.151. The van der Waals surface area contributed by atoms with Crippen molar-refractivity contribution in [3.05, 3.63) is 0 Å². The van der Waals surface area contributed by atoms with Crippen molar-refractivity contribution >= 4 is 5.97 Å². The Kier molecular flexibility index (Phi) is 1.27. The molecule has 0 aromatic heterocycles. The Hall–Kier alpha value is -0.570. The number of hydrogen-bond donors (Lipinski definition) is 1. The molecule has 62 valence electrons. The first kappa shape index (κ1) is 7.10. The highest BCUT2D eigenvalue weighted by Crippen LogP contribution is 2.63. The van der Waals surface area contributed by atoms with Gasteiger partial charge < -0.3 is 9.84 Å². The van der Waals surface area contributed by atoms with E-state index < -0.39 is 11.5 Å². The van der Waals surface area contributed by atoms with Crippen LogP contribution in [0.5, 0.6) is 0 Å². The van der Waals surface area contributed by atoms with E-state index in [1.165, 1.54) is 7.11 Å². The summed E-state index contributed by atoms with van der Waals surface area (Å²) < 4.78 is 4.65. The van der Waals surface area contributed by atoms with Gasteiger partial charge in [0, 0.05) is 0 Å². The molecule has 3 nitrogen and oxygen atoms in total. The molecular weight excluding hydrogens is 144 g/mol. The molecule has 3 atom stereocenters. The predicted molar refractivity (Wildman–Crippen MR) is 37.8 cm³/mol. The molecule has 0 bridgehead atoms.